The summed E-state index contributed by atoms with van der Waals surface area (Å²) >= 11 is 5.60. The topological polar surface area (TPSA) is 32.3 Å². The summed E-state index contributed by atoms with van der Waals surface area (Å²) in [5.74, 6) is 0.259. The zero-order valence-electron chi connectivity index (χ0n) is 11.3. The van der Waals surface area contributed by atoms with Crippen LogP contribution in [-0.4, -0.2) is 23.6 Å². The average molecular weight is 256 g/mol. The summed E-state index contributed by atoms with van der Waals surface area (Å²) in [7, 11) is 0. The first kappa shape index (κ1) is 14.3. The number of nitrogens with one attached hydrogen (secondary N) is 1. The molecule has 0 bridgehead atoms. The minimum atomic E-state index is -0.502. The molecule has 1 aromatic rings. The molecule has 0 aromatic heterocycles. The van der Waals surface area contributed by atoms with Gasteiger partial charge in [0.2, 0.25) is 0 Å². The van der Waals surface area contributed by atoms with Crippen LogP contribution >= 0.6 is 11.6 Å². The third-order valence-corrected chi connectivity index (χ3v) is 4.05. The Morgan fingerprint density at radius 1 is 0.941 bits per heavy atom. The summed E-state index contributed by atoms with van der Waals surface area (Å²) in [5, 5.41) is 12.8. The summed E-state index contributed by atoms with van der Waals surface area (Å²) in [6, 6.07) is 0. The smallest absolute Gasteiger partial charge is 0.0847 e. The molecule has 17 heavy (non-hydrogen) atoms. The van der Waals surface area contributed by atoms with Gasteiger partial charge in [0.15, 0.2) is 0 Å². The van der Waals surface area contributed by atoms with Crippen LogP contribution < -0.4 is 5.32 Å². The van der Waals surface area contributed by atoms with Crippen LogP contribution in [0.5, 0.6) is 0 Å². The molecule has 0 saturated carbocycles. The van der Waals surface area contributed by atoms with Gasteiger partial charge in [0.05, 0.1) is 12.0 Å². The summed E-state index contributed by atoms with van der Waals surface area (Å²) < 4.78 is 0. The Balaban J connectivity index is 3.07. The Bertz CT molecular complexity index is 386. The largest absolute Gasteiger partial charge is 0.390 e. The first-order valence-corrected chi connectivity index (χ1v) is 6.48. The Morgan fingerprint density at radius 2 is 1.35 bits per heavy atom. The maximum Gasteiger partial charge on any atom is 0.0847 e. The molecule has 0 aliphatic rings. The highest BCUT2D eigenvalue weighted by Crippen LogP contribution is 2.30. The van der Waals surface area contributed by atoms with Crippen molar-refractivity contribution in [2.24, 2.45) is 0 Å². The lowest BCUT2D eigenvalue weighted by atomic mass is 9.93. The maximum atomic E-state index is 9.50. The maximum absolute atomic E-state index is 9.50. The molecule has 2 N–H and O–H groups in total. The molecule has 0 spiro atoms. The van der Waals surface area contributed by atoms with Crippen LogP contribution in [0.3, 0.4) is 0 Å². The van der Waals surface area contributed by atoms with Crippen molar-refractivity contribution in [1.29, 1.82) is 0 Å². The molecular formula is C14H22ClNO. The predicted octanol–water partition coefficient (Wildman–Crippen LogP) is 3.24. The van der Waals surface area contributed by atoms with Crippen LogP contribution in [0.25, 0.3) is 0 Å². The zero-order chi connectivity index (χ0) is 13.2. The Morgan fingerprint density at radius 3 is 1.76 bits per heavy atom. The molecule has 0 aliphatic carbocycles. The molecule has 2 nitrogen and oxygen atoms in total. The zero-order valence-corrected chi connectivity index (χ0v) is 12.1. The number of anilines is 1. The standard InChI is InChI=1S/C14H22ClNO/c1-8-9(2)11(4)14(12(5)10(8)3)16-7-13(17)6-15/h13,16-17H,6-7H2,1-5H3. The fourth-order valence-electron chi connectivity index (χ4n) is 2.04. The molecule has 0 fully saturated rings. The van der Waals surface area contributed by atoms with Gasteiger partial charge >= 0.3 is 0 Å². The van der Waals surface area contributed by atoms with Crippen LogP contribution in [0.4, 0.5) is 5.69 Å². The van der Waals surface area contributed by atoms with Gasteiger partial charge in [-0.05, 0) is 62.4 Å². The molecule has 0 amide bonds. The van der Waals surface area contributed by atoms with Gasteiger partial charge in [-0.1, -0.05) is 0 Å². The lowest BCUT2D eigenvalue weighted by Crippen LogP contribution is -2.22. The van der Waals surface area contributed by atoms with Crippen molar-refractivity contribution in [3.8, 4) is 0 Å². The second-order valence-corrected chi connectivity index (χ2v) is 5.00. The summed E-state index contributed by atoms with van der Waals surface area (Å²) in [6.45, 7) is 11.2. The van der Waals surface area contributed by atoms with Crippen LogP contribution in [0.2, 0.25) is 0 Å². The first-order chi connectivity index (χ1) is 7.90. The van der Waals surface area contributed by atoms with Gasteiger partial charge in [-0.3, -0.25) is 0 Å². The molecule has 0 radical (unpaired) electrons. The van der Waals surface area contributed by atoms with Crippen LogP contribution in [-0.2, 0) is 0 Å². The van der Waals surface area contributed by atoms with Crippen molar-refractivity contribution in [3.05, 3.63) is 27.8 Å². The second kappa shape index (κ2) is 5.74. The van der Waals surface area contributed by atoms with Gasteiger partial charge in [-0.25, -0.2) is 0 Å². The number of aliphatic hydroxyl groups excluding tert-OH is 1. The van der Waals surface area contributed by atoms with Gasteiger partial charge in [-0.2, -0.15) is 0 Å². The molecule has 0 aliphatic heterocycles. The SMILES string of the molecule is Cc1c(C)c(C)c(NCC(O)CCl)c(C)c1C. The molecule has 1 aromatic carbocycles. The quantitative estimate of drug-likeness (QED) is 0.810. The Hall–Kier alpha value is -0.730. The highest BCUT2D eigenvalue weighted by atomic mass is 35.5. The van der Waals surface area contributed by atoms with E-state index in [4.69, 9.17) is 11.6 Å². The van der Waals surface area contributed by atoms with E-state index in [9.17, 15) is 5.11 Å². The normalized spacial score (nSPS) is 12.6. The van der Waals surface area contributed by atoms with Gasteiger partial charge < -0.3 is 10.4 Å². The first-order valence-electron chi connectivity index (χ1n) is 5.95. The monoisotopic (exact) mass is 255 g/mol. The molecule has 1 rings (SSSR count). The van der Waals surface area contributed by atoms with E-state index in [1.165, 1.54) is 27.8 Å². The minimum absolute atomic E-state index is 0.259. The van der Waals surface area contributed by atoms with Crippen molar-refractivity contribution in [1.82, 2.24) is 0 Å². The minimum Gasteiger partial charge on any atom is -0.390 e. The second-order valence-electron chi connectivity index (χ2n) is 4.69. The summed E-state index contributed by atoms with van der Waals surface area (Å²) in [4.78, 5) is 0. The van der Waals surface area contributed by atoms with Crippen LogP contribution in [0.1, 0.15) is 27.8 Å². The number of hydrogen-bond acceptors (Lipinski definition) is 2. The highest BCUT2D eigenvalue weighted by molar-refractivity contribution is 6.18. The van der Waals surface area contributed by atoms with Crippen molar-refractivity contribution >= 4 is 17.3 Å². The van der Waals surface area contributed by atoms with Crippen LogP contribution in [0.15, 0.2) is 0 Å². The number of hydrogen-bond donors (Lipinski definition) is 2. The Kier molecular flexibility index (Phi) is 4.84. The van der Waals surface area contributed by atoms with Crippen molar-refractivity contribution in [2.75, 3.05) is 17.7 Å². The van der Waals surface area contributed by atoms with Gasteiger partial charge in [0.1, 0.15) is 0 Å². The molecule has 3 heteroatoms. The lowest BCUT2D eigenvalue weighted by molar-refractivity contribution is 0.211. The third kappa shape index (κ3) is 2.93. The fourth-order valence-corrected chi connectivity index (χ4v) is 2.15. The number of benzene rings is 1. The number of alkyl halides is 1. The van der Waals surface area contributed by atoms with Crippen LogP contribution in [0, 0.1) is 34.6 Å². The van der Waals surface area contributed by atoms with Crippen molar-refractivity contribution in [3.63, 3.8) is 0 Å². The summed E-state index contributed by atoms with van der Waals surface area (Å²) in [5.41, 5.74) is 7.63. The van der Waals surface area contributed by atoms with Crippen molar-refractivity contribution in [2.45, 2.75) is 40.7 Å². The van der Waals surface area contributed by atoms with Crippen molar-refractivity contribution < 1.29 is 5.11 Å². The molecule has 0 saturated heterocycles. The molecule has 0 heterocycles. The van der Waals surface area contributed by atoms with Gasteiger partial charge in [-0.15, -0.1) is 11.6 Å². The highest BCUT2D eigenvalue weighted by Gasteiger charge is 2.12. The summed E-state index contributed by atoms with van der Waals surface area (Å²) in [6.07, 6.45) is -0.502. The van der Waals surface area contributed by atoms with E-state index in [-0.39, 0.29) is 5.88 Å². The predicted molar refractivity (Wildman–Crippen MR) is 75.3 cm³/mol. The number of rotatable bonds is 4. The van der Waals surface area contributed by atoms with E-state index < -0.39 is 6.10 Å². The van der Waals surface area contributed by atoms with Gasteiger partial charge in [0, 0.05) is 12.2 Å². The average Bonchev–Trinajstić information content (AvgIpc) is 2.33. The lowest BCUT2D eigenvalue weighted by Gasteiger charge is -2.20. The van der Waals surface area contributed by atoms with E-state index in [0.717, 1.165) is 5.69 Å². The van der Waals surface area contributed by atoms with E-state index in [2.05, 4.69) is 39.9 Å². The van der Waals surface area contributed by atoms with E-state index >= 15 is 0 Å². The molecule has 1 unspecified atom stereocenters. The molecular weight excluding hydrogens is 234 g/mol. The fraction of sp³-hybridized carbons (Fsp3) is 0.571. The molecule has 1 atom stereocenters. The number of halogens is 1. The third-order valence-electron chi connectivity index (χ3n) is 3.69. The molecule has 96 valence electrons. The number of aliphatic hydroxyl groups is 1. The van der Waals surface area contributed by atoms with E-state index in [0.29, 0.717) is 6.54 Å². The van der Waals surface area contributed by atoms with Gasteiger partial charge in [0.25, 0.3) is 0 Å². The van der Waals surface area contributed by atoms with E-state index in [1.807, 2.05) is 0 Å². The Labute approximate surface area is 109 Å². The van der Waals surface area contributed by atoms with E-state index in [1.54, 1.807) is 0 Å².